The van der Waals surface area contributed by atoms with E-state index in [2.05, 4.69) is 19.9 Å². The maximum Gasteiger partial charge on any atom is 0.140 e. The third kappa shape index (κ3) is 2.44. The molecule has 0 saturated heterocycles. The third-order valence-electron chi connectivity index (χ3n) is 3.73. The molecule has 1 heterocycles. The molecular formula is C19H18N2O. The zero-order chi connectivity index (χ0) is 15.5. The zero-order valence-corrected chi connectivity index (χ0v) is 12.8. The van der Waals surface area contributed by atoms with E-state index in [0.29, 0.717) is 12.2 Å². The van der Waals surface area contributed by atoms with E-state index in [1.165, 1.54) is 0 Å². The van der Waals surface area contributed by atoms with Crippen LogP contribution in [0.2, 0.25) is 0 Å². The molecule has 0 aliphatic carbocycles. The summed E-state index contributed by atoms with van der Waals surface area (Å²) in [6.45, 7) is 4.64. The van der Waals surface area contributed by atoms with Gasteiger partial charge in [-0.1, -0.05) is 62.4 Å². The van der Waals surface area contributed by atoms with Gasteiger partial charge in [-0.25, -0.2) is 0 Å². The van der Waals surface area contributed by atoms with Gasteiger partial charge in [0.15, 0.2) is 0 Å². The first kappa shape index (κ1) is 14.2. The molecule has 22 heavy (non-hydrogen) atoms. The molecule has 0 aliphatic heterocycles. The van der Waals surface area contributed by atoms with Crippen molar-refractivity contribution in [2.45, 2.75) is 26.4 Å². The second kappa shape index (κ2) is 5.95. The van der Waals surface area contributed by atoms with Gasteiger partial charge in [-0.15, -0.1) is 0 Å². The highest BCUT2D eigenvalue weighted by atomic mass is 16.7. The van der Waals surface area contributed by atoms with E-state index in [1.807, 2.05) is 59.3 Å². The predicted octanol–water partition coefficient (Wildman–Crippen LogP) is 4.27. The van der Waals surface area contributed by atoms with Gasteiger partial charge in [0.05, 0.1) is 16.8 Å². The van der Waals surface area contributed by atoms with Crippen molar-refractivity contribution in [3.63, 3.8) is 0 Å². The SMILES string of the molecule is CC(C)c1c(C#N)c2ccccc2n1OCc1ccccc1. The van der Waals surface area contributed by atoms with E-state index in [9.17, 15) is 5.26 Å². The lowest BCUT2D eigenvalue weighted by molar-refractivity contribution is 0.0994. The number of rotatable bonds is 4. The molecule has 0 bridgehead atoms. The molecule has 3 aromatic rings. The summed E-state index contributed by atoms with van der Waals surface area (Å²) in [6, 6.07) is 20.3. The fourth-order valence-corrected chi connectivity index (χ4v) is 2.72. The summed E-state index contributed by atoms with van der Waals surface area (Å²) in [5.41, 5.74) is 3.69. The van der Waals surface area contributed by atoms with E-state index in [4.69, 9.17) is 4.84 Å². The number of nitrogens with zero attached hydrogens (tertiary/aromatic N) is 2. The smallest absolute Gasteiger partial charge is 0.140 e. The van der Waals surface area contributed by atoms with Crippen molar-refractivity contribution in [2.24, 2.45) is 0 Å². The van der Waals surface area contributed by atoms with Gasteiger partial charge in [-0.05, 0) is 17.5 Å². The Morgan fingerprint density at radius 2 is 1.73 bits per heavy atom. The lowest BCUT2D eigenvalue weighted by Crippen LogP contribution is -2.15. The number of hydrogen-bond donors (Lipinski definition) is 0. The van der Waals surface area contributed by atoms with Gasteiger partial charge in [0.25, 0.3) is 0 Å². The van der Waals surface area contributed by atoms with Crippen LogP contribution in [0.4, 0.5) is 0 Å². The Bertz CT molecular complexity index is 826. The van der Waals surface area contributed by atoms with Gasteiger partial charge in [-0.2, -0.15) is 9.99 Å². The molecule has 0 N–H and O–H groups in total. The van der Waals surface area contributed by atoms with Gasteiger partial charge in [-0.3, -0.25) is 0 Å². The van der Waals surface area contributed by atoms with Crippen LogP contribution < -0.4 is 4.84 Å². The molecular weight excluding hydrogens is 272 g/mol. The number of nitriles is 1. The Balaban J connectivity index is 2.08. The quantitative estimate of drug-likeness (QED) is 0.720. The summed E-state index contributed by atoms with van der Waals surface area (Å²) in [5.74, 6) is 0.206. The Morgan fingerprint density at radius 3 is 2.41 bits per heavy atom. The summed E-state index contributed by atoms with van der Waals surface area (Å²) >= 11 is 0. The second-order valence-corrected chi connectivity index (χ2v) is 5.60. The highest BCUT2D eigenvalue weighted by Gasteiger charge is 2.20. The molecule has 110 valence electrons. The first-order valence-corrected chi connectivity index (χ1v) is 7.43. The summed E-state index contributed by atoms with van der Waals surface area (Å²) < 4.78 is 1.82. The van der Waals surface area contributed by atoms with Gasteiger partial charge in [0, 0.05) is 5.39 Å². The van der Waals surface area contributed by atoms with E-state index >= 15 is 0 Å². The largest absolute Gasteiger partial charge is 0.409 e. The van der Waals surface area contributed by atoms with Crippen LogP contribution in [0.25, 0.3) is 10.9 Å². The highest BCUT2D eigenvalue weighted by molar-refractivity contribution is 5.88. The van der Waals surface area contributed by atoms with Crippen molar-refractivity contribution in [3.05, 3.63) is 71.4 Å². The van der Waals surface area contributed by atoms with Crippen molar-refractivity contribution in [2.75, 3.05) is 0 Å². The predicted molar refractivity (Wildman–Crippen MR) is 87.5 cm³/mol. The maximum absolute atomic E-state index is 9.55. The molecule has 0 saturated carbocycles. The standard InChI is InChI=1S/C19H18N2O/c1-14(2)19-17(12-20)16-10-6-7-11-18(16)21(19)22-13-15-8-4-3-5-9-15/h3-11,14H,13H2,1-2H3. The van der Waals surface area contributed by atoms with Crippen LogP contribution in [-0.4, -0.2) is 4.73 Å². The molecule has 0 unspecified atom stereocenters. The van der Waals surface area contributed by atoms with Gasteiger partial charge in [0.2, 0.25) is 0 Å². The topological polar surface area (TPSA) is 38.0 Å². The van der Waals surface area contributed by atoms with Crippen LogP contribution in [-0.2, 0) is 6.61 Å². The van der Waals surface area contributed by atoms with Crippen molar-refractivity contribution in [1.29, 1.82) is 5.26 Å². The summed E-state index contributed by atoms with van der Waals surface area (Å²) in [7, 11) is 0. The molecule has 1 aromatic heterocycles. The molecule has 0 fully saturated rings. The van der Waals surface area contributed by atoms with Crippen molar-refractivity contribution in [1.82, 2.24) is 4.73 Å². The van der Waals surface area contributed by atoms with Crippen molar-refractivity contribution < 1.29 is 4.84 Å². The minimum atomic E-state index is 0.206. The van der Waals surface area contributed by atoms with E-state index < -0.39 is 0 Å². The van der Waals surface area contributed by atoms with Crippen molar-refractivity contribution >= 4 is 10.9 Å². The fourth-order valence-electron chi connectivity index (χ4n) is 2.72. The number of para-hydroxylation sites is 1. The maximum atomic E-state index is 9.55. The molecule has 3 rings (SSSR count). The third-order valence-corrected chi connectivity index (χ3v) is 3.73. The monoisotopic (exact) mass is 290 g/mol. The molecule has 0 aliphatic rings. The van der Waals surface area contributed by atoms with Crippen molar-refractivity contribution in [3.8, 4) is 6.07 Å². The number of hydrogen-bond acceptors (Lipinski definition) is 2. The Morgan fingerprint density at radius 1 is 1.05 bits per heavy atom. The molecule has 0 radical (unpaired) electrons. The number of benzene rings is 2. The van der Waals surface area contributed by atoms with Gasteiger partial charge in [0.1, 0.15) is 12.7 Å². The molecule has 0 spiro atoms. The van der Waals surface area contributed by atoms with Gasteiger partial charge >= 0.3 is 0 Å². The molecule has 0 amide bonds. The second-order valence-electron chi connectivity index (χ2n) is 5.60. The Hall–Kier alpha value is -2.73. The van der Waals surface area contributed by atoms with E-state index in [1.54, 1.807) is 0 Å². The van der Waals surface area contributed by atoms with Crippen LogP contribution in [0.5, 0.6) is 0 Å². The minimum Gasteiger partial charge on any atom is -0.409 e. The normalized spacial score (nSPS) is 10.8. The zero-order valence-electron chi connectivity index (χ0n) is 12.8. The highest BCUT2D eigenvalue weighted by Crippen LogP contribution is 2.30. The summed E-state index contributed by atoms with van der Waals surface area (Å²) in [4.78, 5) is 6.05. The number of fused-ring (bicyclic) bond motifs is 1. The molecule has 3 nitrogen and oxygen atoms in total. The lowest BCUT2D eigenvalue weighted by Gasteiger charge is -2.14. The van der Waals surface area contributed by atoms with Crippen LogP contribution in [0.1, 0.15) is 36.6 Å². The van der Waals surface area contributed by atoms with Crippen LogP contribution in [0, 0.1) is 11.3 Å². The molecule has 0 atom stereocenters. The fraction of sp³-hybridized carbons (Fsp3) is 0.211. The van der Waals surface area contributed by atoms with Crippen LogP contribution >= 0.6 is 0 Å². The Kier molecular flexibility index (Phi) is 3.84. The van der Waals surface area contributed by atoms with Gasteiger partial charge < -0.3 is 4.84 Å². The Labute approximate surface area is 130 Å². The first-order chi connectivity index (χ1) is 10.7. The first-order valence-electron chi connectivity index (χ1n) is 7.43. The average Bonchev–Trinajstić information content (AvgIpc) is 2.88. The summed E-state index contributed by atoms with van der Waals surface area (Å²) in [6.07, 6.45) is 0. The summed E-state index contributed by atoms with van der Waals surface area (Å²) in [5, 5.41) is 10.5. The van der Waals surface area contributed by atoms with Crippen LogP contribution in [0.15, 0.2) is 54.6 Å². The molecule has 3 heteroatoms. The number of aromatic nitrogens is 1. The lowest BCUT2D eigenvalue weighted by atomic mass is 10.0. The van der Waals surface area contributed by atoms with Crippen LogP contribution in [0.3, 0.4) is 0 Å². The minimum absolute atomic E-state index is 0.206. The van der Waals surface area contributed by atoms with E-state index in [0.717, 1.165) is 22.2 Å². The van der Waals surface area contributed by atoms with E-state index in [-0.39, 0.29) is 5.92 Å². The molecule has 2 aromatic carbocycles. The average molecular weight is 290 g/mol.